The van der Waals surface area contributed by atoms with Crippen LogP contribution in [0.5, 0.6) is 5.75 Å². The molecule has 6 rings (SSSR count). The average molecular weight is 621 g/mol. The molecule has 0 radical (unpaired) electrons. The highest BCUT2D eigenvalue weighted by atomic mass is 79.9. The van der Waals surface area contributed by atoms with Gasteiger partial charge in [-0.25, -0.2) is 19.9 Å². The van der Waals surface area contributed by atoms with Gasteiger partial charge in [0.15, 0.2) is 11.3 Å². The lowest BCUT2D eigenvalue weighted by Crippen LogP contribution is -2.08. The third-order valence-corrected chi connectivity index (χ3v) is 6.35. The first kappa shape index (κ1) is 23.6. The third kappa shape index (κ3) is 4.83. The maximum Gasteiger partial charge on any atom is 0.187 e. The number of nitrogens with zero attached hydrogens (tertiary/aromatic N) is 7. The molecule has 4 aromatic heterocycles. The number of aromatic nitrogens is 8. The number of aliphatic imine (C=N–C) groups is 1. The lowest BCUT2D eigenvalue weighted by Gasteiger charge is -2.17. The van der Waals surface area contributed by atoms with E-state index in [2.05, 4.69) is 82.5 Å². The molecule has 0 bridgehead atoms. The van der Waals surface area contributed by atoms with Gasteiger partial charge in [0, 0.05) is 6.21 Å². The molecule has 5 heterocycles. The topological polar surface area (TPSA) is 143 Å². The molecule has 0 atom stereocenters. The van der Waals surface area contributed by atoms with Gasteiger partial charge in [0.05, 0.1) is 29.1 Å². The number of nitrogens with one attached hydrogen (secondary N) is 3. The molecule has 178 valence electrons. The largest absolute Gasteiger partial charge is 0.489 e. The van der Waals surface area contributed by atoms with Crippen LogP contribution in [0, 0.1) is 0 Å². The molecule has 14 heteroatoms. The molecular weight excluding hydrogens is 604 g/mol. The Morgan fingerprint density at radius 2 is 1.66 bits per heavy atom. The quantitative estimate of drug-likeness (QED) is 0.228. The summed E-state index contributed by atoms with van der Waals surface area (Å²) in [5.41, 5.74) is 4.24. The van der Waals surface area contributed by atoms with Crippen LogP contribution in [0.4, 0.5) is 11.5 Å². The molecule has 0 saturated heterocycles. The molecule has 0 unspecified atom stereocenters. The minimum absolute atomic E-state index is 0.0667. The van der Waals surface area contributed by atoms with E-state index in [0.717, 1.165) is 32.6 Å². The van der Waals surface area contributed by atoms with E-state index in [4.69, 9.17) is 16.3 Å². The number of hydrogen-bond acceptors (Lipinski definition) is 9. The van der Waals surface area contributed by atoms with E-state index in [9.17, 15) is 0 Å². The lowest BCUT2D eigenvalue weighted by atomic mass is 10.1. The monoisotopic (exact) mass is 618 g/mol. The summed E-state index contributed by atoms with van der Waals surface area (Å²) in [5, 5.41) is 18.8. The fraction of sp³-hybridized carbons (Fsp3) is 0.190. The minimum atomic E-state index is 0.0667. The summed E-state index contributed by atoms with van der Waals surface area (Å²) in [6.45, 7) is 4.70. The molecule has 0 fully saturated rings. The van der Waals surface area contributed by atoms with Gasteiger partial charge < -0.3 is 10.1 Å². The summed E-state index contributed by atoms with van der Waals surface area (Å²) in [6.07, 6.45) is 4.80. The van der Waals surface area contributed by atoms with E-state index in [1.807, 2.05) is 32.2 Å². The van der Waals surface area contributed by atoms with Crippen molar-refractivity contribution in [1.82, 2.24) is 40.3 Å². The van der Waals surface area contributed by atoms with Crippen molar-refractivity contribution in [2.45, 2.75) is 26.5 Å². The predicted octanol–water partition coefficient (Wildman–Crippen LogP) is 5.35. The first-order chi connectivity index (χ1) is 16.9. The smallest absolute Gasteiger partial charge is 0.187 e. The van der Waals surface area contributed by atoms with Crippen LogP contribution in [0.25, 0.3) is 22.1 Å². The van der Waals surface area contributed by atoms with Crippen molar-refractivity contribution >= 4 is 83.2 Å². The maximum absolute atomic E-state index is 5.97. The van der Waals surface area contributed by atoms with Crippen LogP contribution in [0.1, 0.15) is 25.0 Å². The molecule has 11 nitrogen and oxygen atoms in total. The second-order valence-corrected chi connectivity index (χ2v) is 9.61. The van der Waals surface area contributed by atoms with Crippen LogP contribution < -0.4 is 10.1 Å². The van der Waals surface area contributed by atoms with Crippen molar-refractivity contribution in [3.05, 3.63) is 50.3 Å². The van der Waals surface area contributed by atoms with E-state index in [-0.39, 0.29) is 6.10 Å². The first-order valence-corrected chi connectivity index (χ1v) is 12.3. The summed E-state index contributed by atoms with van der Waals surface area (Å²) < 4.78 is 7.41. The van der Waals surface area contributed by atoms with Gasteiger partial charge >= 0.3 is 0 Å². The molecule has 35 heavy (non-hydrogen) atoms. The van der Waals surface area contributed by atoms with Crippen LogP contribution in [0.15, 0.2) is 39.0 Å². The minimum Gasteiger partial charge on any atom is -0.489 e. The predicted molar refractivity (Wildman–Crippen MR) is 141 cm³/mol. The van der Waals surface area contributed by atoms with Gasteiger partial charge in [-0.2, -0.15) is 10.2 Å². The maximum atomic E-state index is 5.97. The number of benzene rings is 1. The highest BCUT2D eigenvalue weighted by Gasteiger charge is 2.17. The Kier molecular flexibility index (Phi) is 6.62. The van der Waals surface area contributed by atoms with E-state index >= 15 is 0 Å². The number of fused-ring (bicyclic) bond motifs is 3. The van der Waals surface area contributed by atoms with Crippen molar-refractivity contribution in [2.75, 3.05) is 5.32 Å². The average Bonchev–Trinajstić information content (AvgIpc) is 3.54. The van der Waals surface area contributed by atoms with E-state index in [1.54, 1.807) is 0 Å². The number of aromatic amines is 2. The SMILES string of the molecule is CC(C)Oc1cc2c(cc1Nc1ncnc3n[nH]c(Br)c13)C=NC2.Clc1ncnc2n[nH]c(Br)c12. The zero-order valence-corrected chi connectivity index (χ0v) is 22.3. The number of H-pyrrole nitrogens is 2. The van der Waals surface area contributed by atoms with E-state index in [1.165, 1.54) is 12.7 Å². The Morgan fingerprint density at radius 1 is 0.971 bits per heavy atom. The molecule has 1 aromatic carbocycles. The third-order valence-electron chi connectivity index (χ3n) is 4.92. The Bertz CT molecular complexity index is 1570. The molecule has 3 N–H and O–H groups in total. The van der Waals surface area contributed by atoms with Crippen molar-refractivity contribution in [1.29, 1.82) is 0 Å². The summed E-state index contributed by atoms with van der Waals surface area (Å²) in [7, 11) is 0. The molecule has 1 aliphatic heterocycles. The number of anilines is 2. The van der Waals surface area contributed by atoms with Gasteiger partial charge in [-0.05, 0) is 69.0 Å². The number of hydrogen-bond donors (Lipinski definition) is 3. The Hall–Kier alpha value is -3.16. The standard InChI is InChI=1S/C16H15BrN6O.C5H2BrClN4/c1-8(2)24-12-4-10-6-18-5-9(10)3-11(12)21-15-13-14(17)22-23-16(13)20-7-19-15;6-3-2-4(7)8-1-9-5(2)11-10-3/h3-5,7-8H,6H2,1-2H3,(H2,19,20,21,22,23);1H,(H,8,9,10,11). The van der Waals surface area contributed by atoms with Crippen LogP contribution in [0.2, 0.25) is 5.15 Å². The van der Waals surface area contributed by atoms with Gasteiger partial charge in [0.2, 0.25) is 0 Å². The zero-order valence-electron chi connectivity index (χ0n) is 18.3. The normalized spacial score (nSPS) is 12.2. The van der Waals surface area contributed by atoms with Crippen LogP contribution in [0.3, 0.4) is 0 Å². The highest BCUT2D eigenvalue weighted by Crippen LogP contribution is 2.35. The highest BCUT2D eigenvalue weighted by molar-refractivity contribution is 9.10. The molecule has 5 aromatic rings. The number of halogens is 3. The summed E-state index contributed by atoms with van der Waals surface area (Å²) in [6, 6.07) is 4.07. The summed E-state index contributed by atoms with van der Waals surface area (Å²) in [4.78, 5) is 20.5. The van der Waals surface area contributed by atoms with Gasteiger partial charge in [-0.15, -0.1) is 0 Å². The molecule has 0 spiro atoms. The molecule has 0 saturated carbocycles. The van der Waals surface area contributed by atoms with Crippen molar-refractivity contribution < 1.29 is 4.74 Å². The summed E-state index contributed by atoms with van der Waals surface area (Å²) >= 11 is 12.4. The Balaban J connectivity index is 0.000000192. The molecular formula is C21H17Br2ClN10O. The second-order valence-electron chi connectivity index (χ2n) is 7.67. The number of ether oxygens (including phenoxy) is 1. The van der Waals surface area contributed by atoms with Crippen molar-refractivity contribution in [3.8, 4) is 5.75 Å². The van der Waals surface area contributed by atoms with E-state index < -0.39 is 0 Å². The van der Waals surface area contributed by atoms with Crippen LogP contribution in [-0.4, -0.2) is 52.6 Å². The van der Waals surface area contributed by atoms with Crippen molar-refractivity contribution in [3.63, 3.8) is 0 Å². The van der Waals surface area contributed by atoms with Gasteiger partial charge in [0.25, 0.3) is 0 Å². The molecule has 0 amide bonds. The van der Waals surface area contributed by atoms with Crippen LogP contribution >= 0.6 is 43.5 Å². The summed E-state index contributed by atoms with van der Waals surface area (Å²) in [5.74, 6) is 1.43. The van der Waals surface area contributed by atoms with Gasteiger partial charge in [-0.3, -0.25) is 15.2 Å². The first-order valence-electron chi connectivity index (χ1n) is 10.4. The fourth-order valence-corrected chi connectivity index (χ4v) is 4.66. The lowest BCUT2D eigenvalue weighted by molar-refractivity contribution is 0.243. The van der Waals surface area contributed by atoms with Crippen LogP contribution in [-0.2, 0) is 6.54 Å². The van der Waals surface area contributed by atoms with Gasteiger partial charge in [-0.1, -0.05) is 11.6 Å². The number of rotatable bonds is 4. The van der Waals surface area contributed by atoms with Gasteiger partial charge in [0.1, 0.15) is 38.6 Å². The van der Waals surface area contributed by atoms with Crippen molar-refractivity contribution in [2.24, 2.45) is 4.99 Å². The Labute approximate surface area is 220 Å². The Morgan fingerprint density at radius 3 is 2.37 bits per heavy atom. The zero-order chi connectivity index (χ0) is 24.5. The molecule has 1 aliphatic rings. The fourth-order valence-electron chi connectivity index (χ4n) is 3.42. The van der Waals surface area contributed by atoms with E-state index in [0.29, 0.717) is 38.8 Å². The molecule has 0 aliphatic carbocycles. The second kappa shape index (κ2) is 9.84.